The van der Waals surface area contributed by atoms with Gasteiger partial charge in [-0.3, -0.25) is 4.79 Å². The molecule has 0 heterocycles. The fraction of sp³-hybridized carbons (Fsp3) is 0.900. The van der Waals surface area contributed by atoms with Crippen LogP contribution in [0.2, 0.25) is 0 Å². The molecule has 0 unspecified atom stereocenters. The molecule has 92 valence electrons. The quantitative estimate of drug-likeness (QED) is 0.619. The van der Waals surface area contributed by atoms with Crippen molar-refractivity contribution in [2.75, 3.05) is 26.2 Å². The molecule has 0 aliphatic heterocycles. The number of amides is 1. The van der Waals surface area contributed by atoms with Crippen LogP contribution in [-0.4, -0.2) is 38.3 Å². The molecule has 4 nitrogen and oxygen atoms in total. The Hall–Kier alpha value is -0.320. The lowest BCUT2D eigenvalue weighted by Gasteiger charge is -2.08. The zero-order chi connectivity index (χ0) is 10.8. The van der Waals surface area contributed by atoms with Crippen LogP contribution < -0.4 is 10.6 Å². The van der Waals surface area contributed by atoms with E-state index >= 15 is 0 Å². The van der Waals surface area contributed by atoms with E-state index in [0.717, 1.165) is 19.5 Å². The van der Waals surface area contributed by atoms with Crippen molar-refractivity contribution < 1.29 is 9.53 Å². The van der Waals surface area contributed by atoms with E-state index in [1.807, 2.05) is 13.8 Å². The average Bonchev–Trinajstić information content (AvgIpc) is 2.14. The Morgan fingerprint density at radius 3 is 2.47 bits per heavy atom. The highest BCUT2D eigenvalue weighted by Crippen LogP contribution is 1.85. The van der Waals surface area contributed by atoms with Crippen LogP contribution in [0.15, 0.2) is 0 Å². The molecule has 15 heavy (non-hydrogen) atoms. The van der Waals surface area contributed by atoms with Gasteiger partial charge in [-0.25, -0.2) is 0 Å². The van der Waals surface area contributed by atoms with Crippen LogP contribution in [-0.2, 0) is 9.53 Å². The van der Waals surface area contributed by atoms with E-state index in [0.29, 0.717) is 6.54 Å². The highest BCUT2D eigenvalue weighted by molar-refractivity contribution is 5.85. The van der Waals surface area contributed by atoms with E-state index in [1.54, 1.807) is 0 Å². The first-order chi connectivity index (χ1) is 6.66. The molecule has 0 aromatic carbocycles. The third-order valence-electron chi connectivity index (χ3n) is 1.60. The predicted molar refractivity (Wildman–Crippen MR) is 64.5 cm³/mol. The Morgan fingerprint density at radius 2 is 1.93 bits per heavy atom. The molecule has 0 bridgehead atoms. The minimum atomic E-state index is -0.0444. The van der Waals surface area contributed by atoms with Crippen LogP contribution in [0.25, 0.3) is 0 Å². The van der Waals surface area contributed by atoms with E-state index in [2.05, 4.69) is 17.6 Å². The van der Waals surface area contributed by atoms with Gasteiger partial charge in [0.05, 0.1) is 6.10 Å². The first-order valence-corrected chi connectivity index (χ1v) is 5.25. The molecule has 0 aromatic rings. The highest BCUT2D eigenvalue weighted by atomic mass is 35.5. The Bertz CT molecular complexity index is 154. The molecule has 0 atom stereocenters. The lowest BCUT2D eigenvalue weighted by Crippen LogP contribution is -2.34. The summed E-state index contributed by atoms with van der Waals surface area (Å²) in [5, 5.41) is 5.97. The summed E-state index contributed by atoms with van der Waals surface area (Å²) in [5.74, 6) is -0.0444. The maximum atomic E-state index is 11.1. The van der Waals surface area contributed by atoms with Crippen molar-refractivity contribution in [1.29, 1.82) is 0 Å². The number of ether oxygens (including phenoxy) is 1. The molecule has 0 spiro atoms. The topological polar surface area (TPSA) is 50.4 Å². The Kier molecular flexibility index (Phi) is 13.4. The summed E-state index contributed by atoms with van der Waals surface area (Å²) < 4.78 is 5.15. The monoisotopic (exact) mass is 238 g/mol. The molecular weight excluding hydrogens is 216 g/mol. The largest absolute Gasteiger partial charge is 0.369 e. The summed E-state index contributed by atoms with van der Waals surface area (Å²) in [5.41, 5.74) is 0. The maximum Gasteiger partial charge on any atom is 0.246 e. The van der Waals surface area contributed by atoms with E-state index in [-0.39, 0.29) is 31.0 Å². The molecule has 0 saturated carbocycles. The lowest BCUT2D eigenvalue weighted by atomic mass is 10.4. The zero-order valence-electron chi connectivity index (χ0n) is 9.84. The normalized spacial score (nSPS) is 9.87. The Balaban J connectivity index is 0. The van der Waals surface area contributed by atoms with Crippen LogP contribution in [0.4, 0.5) is 0 Å². The Morgan fingerprint density at radius 1 is 1.27 bits per heavy atom. The van der Waals surface area contributed by atoms with Gasteiger partial charge in [0.2, 0.25) is 5.91 Å². The number of nitrogens with one attached hydrogen (secondary N) is 2. The molecule has 2 N–H and O–H groups in total. The number of carbonyl (C=O) groups is 1. The molecule has 0 aliphatic carbocycles. The van der Waals surface area contributed by atoms with Crippen molar-refractivity contribution in [3.05, 3.63) is 0 Å². The number of carbonyl (C=O) groups excluding carboxylic acids is 1. The first-order valence-electron chi connectivity index (χ1n) is 5.25. The number of rotatable bonds is 8. The fourth-order valence-electron chi connectivity index (χ4n) is 0.885. The van der Waals surface area contributed by atoms with Gasteiger partial charge in [0.1, 0.15) is 6.61 Å². The minimum absolute atomic E-state index is 0. The molecular formula is C10H23ClN2O2. The van der Waals surface area contributed by atoms with Crippen LogP contribution in [0.5, 0.6) is 0 Å². The van der Waals surface area contributed by atoms with Crippen molar-refractivity contribution in [2.24, 2.45) is 0 Å². The molecule has 5 heteroatoms. The van der Waals surface area contributed by atoms with Gasteiger partial charge in [0.15, 0.2) is 0 Å². The minimum Gasteiger partial charge on any atom is -0.369 e. The van der Waals surface area contributed by atoms with Gasteiger partial charge in [-0.15, -0.1) is 12.4 Å². The van der Waals surface area contributed by atoms with Crippen LogP contribution in [0.1, 0.15) is 27.2 Å². The van der Waals surface area contributed by atoms with Crippen LogP contribution >= 0.6 is 12.4 Å². The smallest absolute Gasteiger partial charge is 0.246 e. The second kappa shape index (κ2) is 11.8. The predicted octanol–water partition coefficient (Wildman–Crippen LogP) is 0.949. The van der Waals surface area contributed by atoms with Gasteiger partial charge < -0.3 is 15.4 Å². The van der Waals surface area contributed by atoms with E-state index < -0.39 is 0 Å². The van der Waals surface area contributed by atoms with Gasteiger partial charge in [-0.05, 0) is 26.8 Å². The van der Waals surface area contributed by atoms with Crippen molar-refractivity contribution in [3.63, 3.8) is 0 Å². The van der Waals surface area contributed by atoms with Crippen LogP contribution in [0.3, 0.4) is 0 Å². The molecule has 1 amide bonds. The molecule has 0 rings (SSSR count). The van der Waals surface area contributed by atoms with Crippen molar-refractivity contribution in [2.45, 2.75) is 33.3 Å². The van der Waals surface area contributed by atoms with Gasteiger partial charge in [0.25, 0.3) is 0 Å². The lowest BCUT2D eigenvalue weighted by molar-refractivity contribution is -0.127. The standard InChI is InChI=1S/C10H22N2O2.ClH/c1-4-5-11-6-7-12-10(13)8-14-9(2)3;/h9,11H,4-8H2,1-3H3,(H,12,13);1H. The van der Waals surface area contributed by atoms with Crippen molar-refractivity contribution in [3.8, 4) is 0 Å². The van der Waals surface area contributed by atoms with E-state index in [9.17, 15) is 4.79 Å². The number of hydrogen-bond donors (Lipinski definition) is 2. The summed E-state index contributed by atoms with van der Waals surface area (Å²) in [7, 11) is 0. The Labute approximate surface area is 98.6 Å². The number of hydrogen-bond acceptors (Lipinski definition) is 3. The summed E-state index contributed by atoms with van der Waals surface area (Å²) in [6.45, 7) is 8.58. The highest BCUT2D eigenvalue weighted by Gasteiger charge is 2.01. The van der Waals surface area contributed by atoms with Gasteiger partial charge >= 0.3 is 0 Å². The van der Waals surface area contributed by atoms with E-state index in [1.165, 1.54) is 0 Å². The van der Waals surface area contributed by atoms with Crippen LogP contribution in [0, 0.1) is 0 Å². The van der Waals surface area contributed by atoms with Gasteiger partial charge in [-0.2, -0.15) is 0 Å². The second-order valence-corrected chi connectivity index (χ2v) is 3.46. The van der Waals surface area contributed by atoms with E-state index in [4.69, 9.17) is 4.74 Å². The maximum absolute atomic E-state index is 11.1. The summed E-state index contributed by atoms with van der Waals surface area (Å²) in [6.07, 6.45) is 1.23. The molecule has 0 saturated heterocycles. The summed E-state index contributed by atoms with van der Waals surface area (Å²) in [4.78, 5) is 11.1. The molecule has 0 aliphatic rings. The second-order valence-electron chi connectivity index (χ2n) is 3.46. The van der Waals surface area contributed by atoms with Gasteiger partial charge in [0, 0.05) is 13.1 Å². The SMILES string of the molecule is CCCNCCNC(=O)COC(C)C.Cl. The van der Waals surface area contributed by atoms with Gasteiger partial charge in [-0.1, -0.05) is 6.92 Å². The average molecular weight is 239 g/mol. The molecule has 0 aromatic heterocycles. The third kappa shape index (κ3) is 13.7. The molecule has 0 fully saturated rings. The summed E-state index contributed by atoms with van der Waals surface area (Å²) >= 11 is 0. The van der Waals surface area contributed by atoms with Crippen molar-refractivity contribution in [1.82, 2.24) is 10.6 Å². The summed E-state index contributed by atoms with van der Waals surface area (Å²) in [6, 6.07) is 0. The van der Waals surface area contributed by atoms with Crippen molar-refractivity contribution >= 4 is 18.3 Å². The third-order valence-corrected chi connectivity index (χ3v) is 1.60. The zero-order valence-corrected chi connectivity index (χ0v) is 10.7. The number of halogens is 1. The first kappa shape index (κ1) is 17.1. The fourth-order valence-corrected chi connectivity index (χ4v) is 0.885. The molecule has 0 radical (unpaired) electrons.